The van der Waals surface area contributed by atoms with Gasteiger partial charge in [0.05, 0.1) is 30.1 Å². The molecule has 0 radical (unpaired) electrons. The minimum Gasteiger partial charge on any atom is -0.396 e. The van der Waals surface area contributed by atoms with Gasteiger partial charge in [0.1, 0.15) is 0 Å². The van der Waals surface area contributed by atoms with Crippen LogP contribution in [0.25, 0.3) is 11.0 Å². The molecular weight excluding hydrogens is 356 g/mol. The molecule has 28 heavy (non-hydrogen) atoms. The van der Waals surface area contributed by atoms with E-state index in [-0.39, 0.29) is 18.9 Å². The zero-order valence-corrected chi connectivity index (χ0v) is 15.8. The van der Waals surface area contributed by atoms with Gasteiger partial charge in [-0.1, -0.05) is 4.98 Å². The maximum absolute atomic E-state index is 11.9. The lowest BCUT2D eigenvalue weighted by molar-refractivity contribution is -0.346. The number of nitrogens with zero attached hydrogens (tertiary/aromatic N) is 2. The van der Waals surface area contributed by atoms with E-state index in [4.69, 9.17) is 5.11 Å². The second-order valence-electron chi connectivity index (χ2n) is 7.07. The topological polar surface area (TPSA) is 107 Å². The van der Waals surface area contributed by atoms with Gasteiger partial charge in [-0.05, 0) is 49.6 Å². The fourth-order valence-electron chi connectivity index (χ4n) is 3.22. The largest absolute Gasteiger partial charge is 0.396 e. The highest BCUT2D eigenvalue weighted by Gasteiger charge is 2.22. The molecule has 0 saturated heterocycles. The average Bonchev–Trinajstić information content (AvgIpc) is 3.13. The summed E-state index contributed by atoms with van der Waals surface area (Å²) >= 11 is 0. The van der Waals surface area contributed by atoms with Crippen molar-refractivity contribution in [2.75, 3.05) is 29.2 Å². The Hall–Kier alpha value is -3.13. The van der Waals surface area contributed by atoms with Gasteiger partial charge in [0.2, 0.25) is 17.4 Å². The van der Waals surface area contributed by atoms with Crippen LogP contribution in [0.2, 0.25) is 0 Å². The van der Waals surface area contributed by atoms with E-state index in [0.717, 1.165) is 28.2 Å². The van der Waals surface area contributed by atoms with E-state index in [2.05, 4.69) is 25.6 Å². The first kappa shape index (κ1) is 18.2. The van der Waals surface area contributed by atoms with Crippen LogP contribution in [0.5, 0.6) is 0 Å². The fourth-order valence-corrected chi connectivity index (χ4v) is 3.22. The van der Waals surface area contributed by atoms with E-state index < -0.39 is 0 Å². The SMILES string of the molecule is CN(C(=O)CCO)c1ccc(Nc2nc3[nH]ccc3c(NC3CCC3)[nH+]2)cc1. The summed E-state index contributed by atoms with van der Waals surface area (Å²) in [5.41, 5.74) is 2.44. The van der Waals surface area contributed by atoms with Gasteiger partial charge in [0.25, 0.3) is 0 Å². The fraction of sp³-hybridized carbons (Fsp3) is 0.350. The molecular formula is C20H25N6O2+. The summed E-state index contributed by atoms with van der Waals surface area (Å²) in [6.45, 7) is -0.150. The smallest absolute Gasteiger partial charge is 0.351 e. The number of hydrogen-bond acceptors (Lipinski definition) is 5. The second kappa shape index (κ2) is 7.85. The number of aromatic amines is 2. The lowest BCUT2D eigenvalue weighted by atomic mass is 9.93. The summed E-state index contributed by atoms with van der Waals surface area (Å²) < 4.78 is 0. The molecule has 8 nitrogen and oxygen atoms in total. The highest BCUT2D eigenvalue weighted by molar-refractivity contribution is 5.93. The Morgan fingerprint density at radius 1 is 1.32 bits per heavy atom. The molecule has 2 heterocycles. The second-order valence-corrected chi connectivity index (χ2v) is 7.07. The summed E-state index contributed by atoms with van der Waals surface area (Å²) in [7, 11) is 1.70. The number of aliphatic hydroxyl groups is 1. The molecule has 0 atom stereocenters. The molecule has 1 aromatic carbocycles. The zero-order chi connectivity index (χ0) is 19.5. The number of H-pyrrole nitrogens is 2. The highest BCUT2D eigenvalue weighted by Crippen LogP contribution is 2.26. The van der Waals surface area contributed by atoms with Crippen molar-refractivity contribution in [3.63, 3.8) is 0 Å². The first-order valence-electron chi connectivity index (χ1n) is 9.55. The zero-order valence-electron chi connectivity index (χ0n) is 15.8. The number of carbonyl (C=O) groups excluding carboxylic acids is 1. The van der Waals surface area contributed by atoms with E-state index in [1.165, 1.54) is 24.2 Å². The van der Waals surface area contributed by atoms with Gasteiger partial charge in [0, 0.05) is 18.9 Å². The molecule has 1 aliphatic carbocycles. The first-order chi connectivity index (χ1) is 13.6. The Morgan fingerprint density at radius 2 is 2.11 bits per heavy atom. The van der Waals surface area contributed by atoms with Crippen molar-refractivity contribution in [1.82, 2.24) is 9.97 Å². The first-order valence-corrected chi connectivity index (χ1v) is 9.55. The van der Waals surface area contributed by atoms with Crippen molar-refractivity contribution in [2.45, 2.75) is 31.7 Å². The molecule has 3 aromatic rings. The minimum absolute atomic E-state index is 0.113. The molecule has 0 bridgehead atoms. The molecule has 1 saturated carbocycles. The third kappa shape index (κ3) is 3.77. The van der Waals surface area contributed by atoms with Crippen LogP contribution >= 0.6 is 0 Å². The molecule has 146 valence electrons. The van der Waals surface area contributed by atoms with E-state index in [9.17, 15) is 4.79 Å². The maximum Gasteiger partial charge on any atom is 0.351 e. The molecule has 1 aliphatic rings. The molecule has 0 unspecified atom stereocenters. The number of hydrogen-bond donors (Lipinski definition) is 4. The van der Waals surface area contributed by atoms with Gasteiger partial charge in [0.15, 0.2) is 0 Å². The molecule has 8 heteroatoms. The van der Waals surface area contributed by atoms with Crippen LogP contribution in [0.15, 0.2) is 36.5 Å². The van der Waals surface area contributed by atoms with Gasteiger partial charge in [-0.25, -0.2) is 4.98 Å². The van der Waals surface area contributed by atoms with Gasteiger partial charge >= 0.3 is 5.95 Å². The third-order valence-corrected chi connectivity index (χ3v) is 5.13. The number of aromatic nitrogens is 3. The summed E-state index contributed by atoms with van der Waals surface area (Å²) in [6, 6.07) is 10.0. The molecule has 4 rings (SSSR count). The minimum atomic E-state index is -0.150. The lowest BCUT2D eigenvalue weighted by Crippen LogP contribution is -2.31. The number of aliphatic hydroxyl groups excluding tert-OH is 1. The summed E-state index contributed by atoms with van der Waals surface area (Å²) in [5.74, 6) is 1.47. The van der Waals surface area contributed by atoms with Crippen LogP contribution in [0.3, 0.4) is 0 Å². The van der Waals surface area contributed by atoms with Crippen LogP contribution in [0, 0.1) is 0 Å². The molecule has 5 N–H and O–H groups in total. The number of rotatable bonds is 7. The van der Waals surface area contributed by atoms with Crippen molar-refractivity contribution in [3.05, 3.63) is 36.5 Å². The van der Waals surface area contributed by atoms with Crippen molar-refractivity contribution < 1.29 is 14.9 Å². The number of benzene rings is 1. The Kier molecular flexibility index (Phi) is 5.12. The Balaban J connectivity index is 1.52. The van der Waals surface area contributed by atoms with Crippen LogP contribution in [-0.2, 0) is 4.79 Å². The summed E-state index contributed by atoms with van der Waals surface area (Å²) in [4.78, 5) is 24.5. The normalized spacial score (nSPS) is 13.9. The average molecular weight is 381 g/mol. The number of nitrogens with one attached hydrogen (secondary N) is 4. The molecule has 1 fully saturated rings. The monoisotopic (exact) mass is 381 g/mol. The predicted octanol–water partition coefficient (Wildman–Crippen LogP) is 2.43. The van der Waals surface area contributed by atoms with Crippen molar-refractivity contribution >= 4 is 40.1 Å². The van der Waals surface area contributed by atoms with Crippen molar-refractivity contribution in [3.8, 4) is 0 Å². The van der Waals surface area contributed by atoms with E-state index in [0.29, 0.717) is 12.0 Å². The Labute approximate surface area is 163 Å². The Morgan fingerprint density at radius 3 is 2.79 bits per heavy atom. The van der Waals surface area contributed by atoms with Crippen LogP contribution in [0.1, 0.15) is 25.7 Å². The summed E-state index contributed by atoms with van der Waals surface area (Å²) in [6.07, 6.45) is 5.65. The standard InChI is InChI=1S/C20H24N6O2/c1-26(17(28)10-12-27)15-7-5-14(6-8-15)23-20-24-18-16(9-11-21-18)19(25-20)22-13-3-2-4-13/h5-9,11,13,27H,2-4,10,12H2,1H3,(H3,21,22,23,24,25)/p+1. The van der Waals surface area contributed by atoms with Gasteiger partial charge < -0.3 is 20.3 Å². The van der Waals surface area contributed by atoms with Crippen LogP contribution in [-0.4, -0.2) is 40.7 Å². The molecule has 2 aromatic heterocycles. The van der Waals surface area contributed by atoms with E-state index in [1.54, 1.807) is 7.05 Å². The van der Waals surface area contributed by atoms with Gasteiger partial charge in [-0.15, -0.1) is 0 Å². The maximum atomic E-state index is 11.9. The lowest BCUT2D eigenvalue weighted by Gasteiger charge is -2.24. The third-order valence-electron chi connectivity index (χ3n) is 5.13. The predicted molar refractivity (Wildman–Crippen MR) is 109 cm³/mol. The van der Waals surface area contributed by atoms with Crippen molar-refractivity contribution in [2.24, 2.45) is 0 Å². The van der Waals surface area contributed by atoms with Crippen LogP contribution < -0.4 is 20.5 Å². The van der Waals surface area contributed by atoms with E-state index >= 15 is 0 Å². The summed E-state index contributed by atoms with van der Waals surface area (Å²) in [5, 5.41) is 16.8. The number of anilines is 4. The molecule has 1 amide bonds. The number of fused-ring (bicyclic) bond motifs is 1. The highest BCUT2D eigenvalue weighted by atomic mass is 16.3. The Bertz CT molecular complexity index is 964. The van der Waals surface area contributed by atoms with E-state index in [1.807, 2.05) is 36.5 Å². The van der Waals surface area contributed by atoms with Crippen molar-refractivity contribution in [1.29, 1.82) is 0 Å². The number of amides is 1. The quantitative estimate of drug-likeness (QED) is 0.503. The molecule has 0 aliphatic heterocycles. The molecule has 0 spiro atoms. The van der Waals surface area contributed by atoms with Gasteiger partial charge in [-0.3, -0.25) is 10.1 Å². The number of carbonyl (C=O) groups is 1. The van der Waals surface area contributed by atoms with Gasteiger partial charge in [-0.2, -0.15) is 0 Å². The van der Waals surface area contributed by atoms with Crippen LogP contribution in [0.4, 0.5) is 23.1 Å².